The molecule has 0 spiro atoms. The molecule has 0 bridgehead atoms. The van der Waals surface area contributed by atoms with E-state index in [0.29, 0.717) is 19.1 Å². The third-order valence-corrected chi connectivity index (χ3v) is 4.73. The first kappa shape index (κ1) is 16.3. The maximum Gasteiger partial charge on any atom is 0.124 e. The van der Waals surface area contributed by atoms with E-state index in [9.17, 15) is 0 Å². The van der Waals surface area contributed by atoms with E-state index in [4.69, 9.17) is 15.2 Å². The third-order valence-electron chi connectivity index (χ3n) is 4.73. The zero-order valence-corrected chi connectivity index (χ0v) is 13.4. The second-order valence-electron chi connectivity index (χ2n) is 6.11. The van der Waals surface area contributed by atoms with E-state index in [1.54, 1.807) is 7.11 Å². The van der Waals surface area contributed by atoms with Crippen molar-refractivity contribution in [3.05, 3.63) is 29.8 Å². The van der Waals surface area contributed by atoms with Gasteiger partial charge in [-0.05, 0) is 30.7 Å². The van der Waals surface area contributed by atoms with Crippen LogP contribution in [0.5, 0.6) is 5.75 Å². The first-order valence-corrected chi connectivity index (χ1v) is 8.22. The summed E-state index contributed by atoms with van der Waals surface area (Å²) in [7, 11) is 1.69. The Labute approximate surface area is 128 Å². The number of para-hydroxylation sites is 1. The molecule has 1 aliphatic carbocycles. The second kappa shape index (κ2) is 8.40. The Hall–Kier alpha value is -1.06. The van der Waals surface area contributed by atoms with Gasteiger partial charge in [-0.3, -0.25) is 0 Å². The summed E-state index contributed by atoms with van der Waals surface area (Å²) in [6.07, 6.45) is 6.44. The Balaban J connectivity index is 2.05. The lowest BCUT2D eigenvalue weighted by atomic mass is 9.75. The van der Waals surface area contributed by atoms with Crippen LogP contribution in [0.1, 0.15) is 50.6 Å². The van der Waals surface area contributed by atoms with E-state index in [2.05, 4.69) is 19.1 Å². The summed E-state index contributed by atoms with van der Waals surface area (Å²) in [5.74, 6) is 2.34. The Bertz CT molecular complexity index is 421. The van der Waals surface area contributed by atoms with Crippen LogP contribution in [-0.4, -0.2) is 20.3 Å². The molecule has 21 heavy (non-hydrogen) atoms. The lowest BCUT2D eigenvalue weighted by Gasteiger charge is -2.33. The van der Waals surface area contributed by atoms with Crippen LogP contribution < -0.4 is 10.5 Å². The quantitative estimate of drug-likeness (QED) is 0.774. The molecule has 3 atom stereocenters. The second-order valence-corrected chi connectivity index (χ2v) is 6.11. The monoisotopic (exact) mass is 291 g/mol. The molecule has 0 amide bonds. The minimum absolute atomic E-state index is 0.0816. The predicted molar refractivity (Wildman–Crippen MR) is 86.5 cm³/mol. The fourth-order valence-electron chi connectivity index (χ4n) is 3.41. The van der Waals surface area contributed by atoms with Crippen LogP contribution >= 0.6 is 0 Å². The minimum Gasteiger partial charge on any atom is -0.491 e. The van der Waals surface area contributed by atoms with Crippen molar-refractivity contribution in [2.24, 2.45) is 17.6 Å². The zero-order valence-electron chi connectivity index (χ0n) is 13.4. The van der Waals surface area contributed by atoms with Gasteiger partial charge >= 0.3 is 0 Å². The van der Waals surface area contributed by atoms with Gasteiger partial charge in [-0.15, -0.1) is 0 Å². The molecule has 3 nitrogen and oxygen atoms in total. The standard InChI is InChI=1S/C18H29NO2/c1-3-14-7-6-8-15(13-14)18(19)16-9-4-5-10-17(16)21-12-11-20-2/h4-5,9-10,14-15,18H,3,6-8,11-13,19H2,1-2H3. The summed E-state index contributed by atoms with van der Waals surface area (Å²) in [5.41, 5.74) is 7.73. The van der Waals surface area contributed by atoms with Crippen molar-refractivity contribution in [2.45, 2.75) is 45.1 Å². The topological polar surface area (TPSA) is 44.5 Å². The largest absolute Gasteiger partial charge is 0.491 e. The van der Waals surface area contributed by atoms with Crippen molar-refractivity contribution in [1.29, 1.82) is 0 Å². The Kier molecular flexibility index (Phi) is 6.52. The number of hydrogen-bond acceptors (Lipinski definition) is 3. The molecule has 2 N–H and O–H groups in total. The van der Waals surface area contributed by atoms with Crippen molar-refractivity contribution in [2.75, 3.05) is 20.3 Å². The third kappa shape index (κ3) is 4.45. The van der Waals surface area contributed by atoms with E-state index in [-0.39, 0.29) is 6.04 Å². The van der Waals surface area contributed by atoms with Gasteiger partial charge in [0.15, 0.2) is 0 Å². The van der Waals surface area contributed by atoms with E-state index >= 15 is 0 Å². The van der Waals surface area contributed by atoms with Crippen molar-refractivity contribution in [3.63, 3.8) is 0 Å². The predicted octanol–water partition coefficient (Wildman–Crippen LogP) is 3.93. The van der Waals surface area contributed by atoms with Crippen LogP contribution in [0, 0.1) is 11.8 Å². The fraction of sp³-hybridized carbons (Fsp3) is 0.667. The number of methoxy groups -OCH3 is 1. The highest BCUT2D eigenvalue weighted by Gasteiger charge is 2.27. The molecular formula is C18H29NO2. The summed E-state index contributed by atoms with van der Waals surface area (Å²) < 4.78 is 10.9. The highest BCUT2D eigenvalue weighted by molar-refractivity contribution is 5.36. The van der Waals surface area contributed by atoms with Crippen molar-refractivity contribution < 1.29 is 9.47 Å². The first-order valence-electron chi connectivity index (χ1n) is 8.22. The summed E-state index contributed by atoms with van der Waals surface area (Å²) in [5, 5.41) is 0. The van der Waals surface area contributed by atoms with Gasteiger partial charge in [-0.1, -0.05) is 44.4 Å². The van der Waals surface area contributed by atoms with E-state index in [0.717, 1.165) is 17.2 Å². The average Bonchev–Trinajstić information content (AvgIpc) is 2.55. The molecule has 1 fully saturated rings. The number of hydrogen-bond donors (Lipinski definition) is 1. The Morgan fingerprint density at radius 3 is 2.81 bits per heavy atom. The lowest BCUT2D eigenvalue weighted by molar-refractivity contribution is 0.144. The van der Waals surface area contributed by atoms with Crippen LogP contribution in [0.25, 0.3) is 0 Å². The number of nitrogens with two attached hydrogens (primary N) is 1. The van der Waals surface area contributed by atoms with Crippen molar-refractivity contribution in [3.8, 4) is 5.75 Å². The normalized spacial score (nSPS) is 23.8. The van der Waals surface area contributed by atoms with Gasteiger partial charge < -0.3 is 15.2 Å². The Morgan fingerprint density at radius 1 is 1.24 bits per heavy atom. The van der Waals surface area contributed by atoms with Gasteiger partial charge in [0.05, 0.1) is 6.61 Å². The fourth-order valence-corrected chi connectivity index (χ4v) is 3.41. The van der Waals surface area contributed by atoms with Crippen molar-refractivity contribution >= 4 is 0 Å². The summed E-state index contributed by atoms with van der Waals surface area (Å²) in [6, 6.07) is 8.28. The molecule has 1 aliphatic rings. The molecule has 3 unspecified atom stereocenters. The number of ether oxygens (including phenoxy) is 2. The molecule has 1 aromatic carbocycles. The molecular weight excluding hydrogens is 262 g/mol. The highest BCUT2D eigenvalue weighted by atomic mass is 16.5. The number of benzene rings is 1. The minimum atomic E-state index is 0.0816. The van der Waals surface area contributed by atoms with Gasteiger partial charge in [-0.2, -0.15) is 0 Å². The molecule has 0 aromatic heterocycles. The van der Waals surface area contributed by atoms with E-state index < -0.39 is 0 Å². The van der Waals surface area contributed by atoms with Gasteiger partial charge in [0.25, 0.3) is 0 Å². The van der Waals surface area contributed by atoms with Crippen molar-refractivity contribution in [1.82, 2.24) is 0 Å². The molecule has 1 aromatic rings. The Morgan fingerprint density at radius 2 is 2.05 bits per heavy atom. The summed E-state index contributed by atoms with van der Waals surface area (Å²) in [4.78, 5) is 0. The van der Waals surface area contributed by atoms with Gasteiger partial charge in [-0.25, -0.2) is 0 Å². The molecule has 1 saturated carbocycles. The van der Waals surface area contributed by atoms with E-state index in [1.807, 2.05) is 12.1 Å². The molecule has 118 valence electrons. The molecule has 3 heteroatoms. The van der Waals surface area contributed by atoms with Crippen LogP contribution in [0.2, 0.25) is 0 Å². The van der Waals surface area contributed by atoms with Crippen LogP contribution in [0.15, 0.2) is 24.3 Å². The highest BCUT2D eigenvalue weighted by Crippen LogP contribution is 2.39. The van der Waals surface area contributed by atoms with E-state index in [1.165, 1.54) is 32.1 Å². The molecule has 0 saturated heterocycles. The molecule has 2 rings (SSSR count). The summed E-state index contributed by atoms with van der Waals surface area (Å²) >= 11 is 0. The number of rotatable bonds is 7. The first-order chi connectivity index (χ1) is 10.3. The lowest BCUT2D eigenvalue weighted by Crippen LogP contribution is -2.27. The molecule has 0 aliphatic heterocycles. The smallest absolute Gasteiger partial charge is 0.124 e. The van der Waals surface area contributed by atoms with Crippen LogP contribution in [-0.2, 0) is 4.74 Å². The SMILES string of the molecule is CCC1CCCC(C(N)c2ccccc2OCCOC)C1. The molecule has 0 heterocycles. The summed E-state index contributed by atoms with van der Waals surface area (Å²) in [6.45, 7) is 3.47. The zero-order chi connectivity index (χ0) is 15.1. The maximum absolute atomic E-state index is 6.58. The molecule has 0 radical (unpaired) electrons. The van der Waals surface area contributed by atoms with Gasteiger partial charge in [0.2, 0.25) is 0 Å². The average molecular weight is 291 g/mol. The van der Waals surface area contributed by atoms with Crippen LogP contribution in [0.3, 0.4) is 0 Å². The maximum atomic E-state index is 6.58. The van der Waals surface area contributed by atoms with Gasteiger partial charge in [0, 0.05) is 18.7 Å². The van der Waals surface area contributed by atoms with Crippen LogP contribution in [0.4, 0.5) is 0 Å². The van der Waals surface area contributed by atoms with Gasteiger partial charge in [0.1, 0.15) is 12.4 Å².